The number of fused-ring (bicyclic) bond motifs is 1. The van der Waals surface area contributed by atoms with Gasteiger partial charge in [0, 0.05) is 37.3 Å². The molecule has 0 N–H and O–H groups in total. The van der Waals surface area contributed by atoms with Gasteiger partial charge in [0.2, 0.25) is 0 Å². The Morgan fingerprint density at radius 1 is 1.41 bits per heavy atom. The molecular weight excluding hydrogens is 383 g/mol. The van der Waals surface area contributed by atoms with E-state index < -0.39 is 23.7 Å². The molecule has 0 amide bonds. The Bertz CT molecular complexity index is 859. The van der Waals surface area contributed by atoms with E-state index in [-0.39, 0.29) is 18.3 Å². The van der Waals surface area contributed by atoms with Crippen molar-refractivity contribution < 1.29 is 22.1 Å². The van der Waals surface area contributed by atoms with Gasteiger partial charge in [0.25, 0.3) is 5.56 Å². The fourth-order valence-corrected chi connectivity index (χ4v) is 3.62. The minimum atomic E-state index is -4.45. The molecule has 1 fully saturated rings. The number of pyridine rings is 2. The molecule has 0 spiro atoms. The molecule has 148 valence electrons. The van der Waals surface area contributed by atoms with Crippen LogP contribution in [0.1, 0.15) is 13.8 Å². The third kappa shape index (κ3) is 4.74. The van der Waals surface area contributed by atoms with Crippen LogP contribution >= 0.6 is 12.0 Å². The molecule has 2 aromatic rings. The highest BCUT2D eigenvalue weighted by molar-refractivity contribution is 7.95. The van der Waals surface area contributed by atoms with Crippen LogP contribution < -0.4 is 10.5 Å². The van der Waals surface area contributed by atoms with E-state index in [0.717, 1.165) is 5.39 Å². The first kappa shape index (κ1) is 20.0. The van der Waals surface area contributed by atoms with Crippen LogP contribution in [0.2, 0.25) is 0 Å². The maximum Gasteiger partial charge on any atom is 0.467 e. The molecule has 0 radical (unpaired) electrons. The van der Waals surface area contributed by atoms with Crippen molar-refractivity contribution in [2.45, 2.75) is 38.1 Å². The van der Waals surface area contributed by atoms with E-state index in [1.54, 1.807) is 22.9 Å². The van der Waals surface area contributed by atoms with Crippen LogP contribution in [0.3, 0.4) is 0 Å². The number of anilines is 1. The van der Waals surface area contributed by atoms with Crippen molar-refractivity contribution in [3.05, 3.63) is 34.7 Å². The van der Waals surface area contributed by atoms with Crippen molar-refractivity contribution >= 4 is 28.8 Å². The lowest BCUT2D eigenvalue weighted by Gasteiger charge is -2.38. The summed E-state index contributed by atoms with van der Waals surface area (Å²) in [4.78, 5) is 18.8. The molecule has 1 saturated heterocycles. The van der Waals surface area contributed by atoms with Gasteiger partial charge in [-0.2, -0.15) is 13.2 Å². The first-order valence-electron chi connectivity index (χ1n) is 8.55. The maximum atomic E-state index is 12.5. The van der Waals surface area contributed by atoms with Gasteiger partial charge in [-0.1, -0.05) is 0 Å². The predicted octanol–water partition coefficient (Wildman–Crippen LogP) is 3.19. The van der Waals surface area contributed by atoms with Gasteiger partial charge in [-0.25, -0.2) is 4.98 Å². The van der Waals surface area contributed by atoms with Crippen LogP contribution in [-0.4, -0.2) is 47.0 Å². The number of nitrogens with zero attached hydrogens (tertiary/aromatic N) is 3. The van der Waals surface area contributed by atoms with Crippen LogP contribution in [-0.2, 0) is 15.5 Å². The standard InChI is InChI=1S/C17H20F3N3O3S/c1-3-23-15(24)7-14(13-5-4-6-21-16(13)23)22-8-11(2)26-12(9-22)10-25-27-17(18,19)20/h4-7,11-12H,3,8-10H2,1-2H3. The number of rotatable bonds is 5. The summed E-state index contributed by atoms with van der Waals surface area (Å²) >= 11 is -0.526. The highest BCUT2D eigenvalue weighted by Gasteiger charge is 2.32. The highest BCUT2D eigenvalue weighted by atomic mass is 32.2. The third-order valence-electron chi connectivity index (χ3n) is 4.24. The summed E-state index contributed by atoms with van der Waals surface area (Å²) in [5, 5.41) is 0.817. The number of alkyl halides is 3. The fourth-order valence-electron chi connectivity index (χ4n) is 3.27. The van der Waals surface area contributed by atoms with Crippen molar-refractivity contribution in [3.63, 3.8) is 0 Å². The van der Waals surface area contributed by atoms with Crippen LogP contribution in [0.4, 0.5) is 18.9 Å². The average molecular weight is 403 g/mol. The molecule has 27 heavy (non-hydrogen) atoms. The lowest BCUT2D eigenvalue weighted by atomic mass is 10.1. The van der Waals surface area contributed by atoms with Gasteiger partial charge in [0.1, 0.15) is 17.7 Å². The monoisotopic (exact) mass is 403 g/mol. The number of aromatic nitrogens is 2. The second kappa shape index (κ2) is 8.07. The third-order valence-corrected chi connectivity index (χ3v) is 4.68. The Balaban J connectivity index is 1.86. The Hall–Kier alpha value is -1.78. The van der Waals surface area contributed by atoms with E-state index in [0.29, 0.717) is 31.0 Å². The molecule has 3 heterocycles. The van der Waals surface area contributed by atoms with Gasteiger partial charge in [0.05, 0.1) is 24.5 Å². The normalized spacial score (nSPS) is 21.0. The fraction of sp³-hybridized carbons (Fsp3) is 0.529. The number of morpholine rings is 1. The number of aryl methyl sites for hydroxylation is 1. The Labute approximate surface area is 158 Å². The number of hydrogen-bond donors (Lipinski definition) is 0. The number of halogens is 3. The first-order valence-corrected chi connectivity index (χ1v) is 9.29. The summed E-state index contributed by atoms with van der Waals surface area (Å²) in [6, 6.07) is 5.23. The van der Waals surface area contributed by atoms with Crippen molar-refractivity contribution in [2.75, 3.05) is 24.6 Å². The van der Waals surface area contributed by atoms with Gasteiger partial charge in [-0.3, -0.25) is 9.36 Å². The molecular formula is C17H20F3N3O3S. The maximum absolute atomic E-state index is 12.5. The topological polar surface area (TPSA) is 56.6 Å². The zero-order valence-corrected chi connectivity index (χ0v) is 15.7. The second-order valence-electron chi connectivity index (χ2n) is 6.27. The minimum absolute atomic E-state index is 0.168. The smallest absolute Gasteiger partial charge is 0.369 e. The van der Waals surface area contributed by atoms with Crippen LogP contribution in [0.5, 0.6) is 0 Å². The van der Waals surface area contributed by atoms with Gasteiger partial charge in [-0.05, 0) is 26.0 Å². The molecule has 1 aliphatic heterocycles. The molecule has 0 saturated carbocycles. The minimum Gasteiger partial charge on any atom is -0.369 e. The lowest BCUT2D eigenvalue weighted by Crippen LogP contribution is -2.48. The highest BCUT2D eigenvalue weighted by Crippen LogP contribution is 2.32. The molecule has 3 rings (SSSR count). The van der Waals surface area contributed by atoms with E-state index in [1.165, 1.54) is 0 Å². The van der Waals surface area contributed by atoms with E-state index in [4.69, 9.17) is 4.74 Å². The summed E-state index contributed by atoms with van der Waals surface area (Å²) in [6.45, 7) is 4.84. The van der Waals surface area contributed by atoms with Crippen LogP contribution in [0, 0.1) is 0 Å². The molecule has 2 aromatic heterocycles. The van der Waals surface area contributed by atoms with E-state index in [1.807, 2.05) is 24.8 Å². The van der Waals surface area contributed by atoms with Crippen molar-refractivity contribution in [3.8, 4) is 0 Å². The quantitative estimate of drug-likeness (QED) is 0.715. The van der Waals surface area contributed by atoms with E-state index >= 15 is 0 Å². The summed E-state index contributed by atoms with van der Waals surface area (Å²) in [7, 11) is 0. The molecule has 10 heteroatoms. The molecule has 0 aliphatic carbocycles. The summed E-state index contributed by atoms with van der Waals surface area (Å²) in [5.74, 6) is 0. The zero-order chi connectivity index (χ0) is 19.6. The van der Waals surface area contributed by atoms with Crippen molar-refractivity contribution in [2.24, 2.45) is 0 Å². The largest absolute Gasteiger partial charge is 0.467 e. The Kier molecular flexibility index (Phi) is 5.97. The van der Waals surface area contributed by atoms with Crippen LogP contribution in [0.25, 0.3) is 11.0 Å². The van der Waals surface area contributed by atoms with Gasteiger partial charge in [-0.15, -0.1) is 0 Å². The molecule has 0 aromatic carbocycles. The van der Waals surface area contributed by atoms with Gasteiger partial charge >= 0.3 is 5.51 Å². The predicted molar refractivity (Wildman–Crippen MR) is 97.8 cm³/mol. The van der Waals surface area contributed by atoms with E-state index in [9.17, 15) is 18.0 Å². The average Bonchev–Trinajstić information content (AvgIpc) is 2.59. The summed E-state index contributed by atoms with van der Waals surface area (Å²) in [5.41, 5.74) is -3.33. The molecule has 1 aliphatic rings. The second-order valence-corrected chi connectivity index (χ2v) is 7.14. The number of ether oxygens (including phenoxy) is 1. The van der Waals surface area contributed by atoms with Crippen molar-refractivity contribution in [1.29, 1.82) is 0 Å². The Morgan fingerprint density at radius 2 is 2.19 bits per heavy atom. The van der Waals surface area contributed by atoms with E-state index in [2.05, 4.69) is 9.17 Å². The van der Waals surface area contributed by atoms with Crippen molar-refractivity contribution in [1.82, 2.24) is 9.55 Å². The summed E-state index contributed by atoms with van der Waals surface area (Å²) in [6.07, 6.45) is 0.873. The van der Waals surface area contributed by atoms with Gasteiger partial charge < -0.3 is 13.8 Å². The molecule has 0 bridgehead atoms. The molecule has 2 unspecified atom stereocenters. The van der Waals surface area contributed by atoms with Crippen LogP contribution in [0.15, 0.2) is 29.2 Å². The first-order chi connectivity index (χ1) is 12.8. The Morgan fingerprint density at radius 3 is 2.89 bits per heavy atom. The van der Waals surface area contributed by atoms with Gasteiger partial charge in [0.15, 0.2) is 0 Å². The number of hydrogen-bond acceptors (Lipinski definition) is 6. The molecule has 6 nitrogen and oxygen atoms in total. The SMILES string of the molecule is CCn1c(=O)cc(N2CC(C)OC(COSC(F)(F)F)C2)c2cccnc21. The molecule has 2 atom stereocenters. The lowest BCUT2D eigenvalue weighted by molar-refractivity contribution is -0.0521. The zero-order valence-electron chi connectivity index (χ0n) is 14.9. The summed E-state index contributed by atoms with van der Waals surface area (Å²) < 4.78 is 48.7.